The van der Waals surface area contributed by atoms with Crippen molar-refractivity contribution in [3.05, 3.63) is 239 Å². The molecule has 0 fully saturated rings. The van der Waals surface area contributed by atoms with E-state index in [0.717, 1.165) is 77.4 Å². The van der Waals surface area contributed by atoms with Gasteiger partial charge in [-0.3, -0.25) is 39.9 Å². The van der Waals surface area contributed by atoms with Crippen molar-refractivity contribution in [1.82, 2.24) is 54.8 Å². The third kappa shape index (κ3) is 12.9. The van der Waals surface area contributed by atoms with E-state index in [9.17, 15) is 0 Å². The molecular formula is C53H39N11O3. The zero-order valence-electron chi connectivity index (χ0n) is 35.7. The van der Waals surface area contributed by atoms with Gasteiger partial charge >= 0.3 is 0 Å². The van der Waals surface area contributed by atoms with E-state index in [1.54, 1.807) is 49.6 Å². The number of aromatic nitrogens is 11. The summed E-state index contributed by atoms with van der Waals surface area (Å²) in [5, 5.41) is 0. The second-order valence-corrected chi connectivity index (χ2v) is 13.6. The van der Waals surface area contributed by atoms with Crippen LogP contribution in [0.5, 0.6) is 0 Å². The molecule has 324 valence electrons. The van der Waals surface area contributed by atoms with Gasteiger partial charge in [0, 0.05) is 49.6 Å². The first-order valence-electron chi connectivity index (χ1n) is 20.7. The first-order valence-corrected chi connectivity index (χ1v) is 20.7. The van der Waals surface area contributed by atoms with Gasteiger partial charge in [0.2, 0.25) is 0 Å². The average molecular weight is 878 g/mol. The summed E-state index contributed by atoms with van der Waals surface area (Å²) in [5.41, 5.74) is 12.9. The molecule has 0 amide bonds. The van der Waals surface area contributed by atoms with Gasteiger partial charge in [-0.05, 0) is 84.9 Å². The molecule has 14 heteroatoms. The molecule has 14 rings (SSSR count). The first-order chi connectivity index (χ1) is 33.3. The molecule has 0 bridgehead atoms. The summed E-state index contributed by atoms with van der Waals surface area (Å²) < 4.78 is 15.0. The highest BCUT2D eigenvalue weighted by Gasteiger charge is 1.95. The van der Waals surface area contributed by atoms with Gasteiger partial charge in [-0.25, -0.2) is 15.0 Å². The SMILES string of the molecule is c1ccc2nccnc2c1.c1ccc2nccnc2c1.c1ccc2nccnc2c1.c1ccc2nccnc2c1.c1ccc2ocnc2c1.c1ccc2ocnc2c1.c1ccc2ocnc2c1. The van der Waals surface area contributed by atoms with Gasteiger partial charge < -0.3 is 13.3 Å². The van der Waals surface area contributed by atoms with Crippen LogP contribution in [0.3, 0.4) is 0 Å². The quantitative estimate of drug-likeness (QED) is 0.140. The molecule has 7 heterocycles. The molecule has 7 aromatic heterocycles. The number of hydrogen-bond donors (Lipinski definition) is 0. The second-order valence-electron chi connectivity index (χ2n) is 13.6. The van der Waals surface area contributed by atoms with Crippen LogP contribution in [-0.2, 0) is 0 Å². The number of rotatable bonds is 0. The topological polar surface area (TPSA) is 181 Å². The molecular weight excluding hydrogens is 839 g/mol. The predicted octanol–water partition coefficient (Wildman–Crippen LogP) is 12.0. The first kappa shape index (κ1) is 43.9. The van der Waals surface area contributed by atoms with Crippen LogP contribution < -0.4 is 0 Å². The largest absolute Gasteiger partial charge is 0.443 e. The lowest BCUT2D eigenvalue weighted by Crippen LogP contribution is -1.78. The number of para-hydroxylation sites is 14. The summed E-state index contributed by atoms with van der Waals surface area (Å²) in [6.07, 6.45) is 17.9. The molecule has 67 heavy (non-hydrogen) atoms. The average Bonchev–Trinajstić information content (AvgIpc) is 4.23. The highest BCUT2D eigenvalue weighted by Crippen LogP contribution is 2.12. The zero-order chi connectivity index (χ0) is 45.6. The van der Waals surface area contributed by atoms with Crippen LogP contribution in [0.15, 0.2) is 252 Å². The van der Waals surface area contributed by atoms with Crippen molar-refractivity contribution in [3.8, 4) is 0 Å². The molecule has 0 saturated carbocycles. The highest BCUT2D eigenvalue weighted by atomic mass is 16.3. The van der Waals surface area contributed by atoms with Crippen molar-refractivity contribution in [1.29, 1.82) is 0 Å². The van der Waals surface area contributed by atoms with Gasteiger partial charge in [-0.2, -0.15) is 0 Å². The molecule has 14 aromatic rings. The normalized spacial score (nSPS) is 10.1. The Hall–Kier alpha value is -9.69. The van der Waals surface area contributed by atoms with E-state index in [-0.39, 0.29) is 0 Å². The summed E-state index contributed by atoms with van der Waals surface area (Å²) in [5.74, 6) is 0. The fourth-order valence-corrected chi connectivity index (χ4v) is 6.05. The number of benzene rings is 7. The van der Waals surface area contributed by atoms with Crippen LogP contribution in [0.2, 0.25) is 0 Å². The fourth-order valence-electron chi connectivity index (χ4n) is 6.05. The third-order valence-corrected chi connectivity index (χ3v) is 9.21. The zero-order valence-corrected chi connectivity index (χ0v) is 35.7. The van der Waals surface area contributed by atoms with Crippen LogP contribution in [0, 0.1) is 0 Å². The maximum atomic E-state index is 5.01. The number of hydrogen-bond acceptors (Lipinski definition) is 14. The van der Waals surface area contributed by atoms with Crippen LogP contribution in [-0.4, -0.2) is 54.8 Å². The predicted molar refractivity (Wildman–Crippen MR) is 260 cm³/mol. The monoisotopic (exact) mass is 877 g/mol. The Balaban J connectivity index is 0.000000106. The van der Waals surface area contributed by atoms with Crippen molar-refractivity contribution in [2.24, 2.45) is 0 Å². The van der Waals surface area contributed by atoms with Crippen molar-refractivity contribution in [2.45, 2.75) is 0 Å². The lowest BCUT2D eigenvalue weighted by atomic mass is 10.3. The van der Waals surface area contributed by atoms with E-state index >= 15 is 0 Å². The van der Waals surface area contributed by atoms with Crippen molar-refractivity contribution < 1.29 is 13.3 Å². The molecule has 0 spiro atoms. The van der Waals surface area contributed by atoms with E-state index in [4.69, 9.17) is 13.3 Å². The minimum atomic E-state index is 0.845. The Bertz CT molecular complexity index is 2880. The van der Waals surface area contributed by atoms with E-state index in [0.29, 0.717) is 0 Å². The van der Waals surface area contributed by atoms with E-state index in [1.807, 2.05) is 170 Å². The number of nitrogens with zero attached hydrogens (tertiary/aromatic N) is 11. The third-order valence-electron chi connectivity index (χ3n) is 9.21. The molecule has 0 unspecified atom stereocenters. The summed E-state index contributed by atoms with van der Waals surface area (Å²) in [6, 6.07) is 54.2. The Labute approximate surface area is 382 Å². The molecule has 7 aromatic carbocycles. The molecule has 0 aliphatic heterocycles. The molecule has 0 aliphatic rings. The maximum Gasteiger partial charge on any atom is 0.181 e. The highest BCUT2D eigenvalue weighted by molar-refractivity contribution is 5.76. The number of fused-ring (bicyclic) bond motifs is 7. The van der Waals surface area contributed by atoms with Gasteiger partial charge in [0.15, 0.2) is 35.9 Å². The van der Waals surface area contributed by atoms with E-state index in [1.165, 1.54) is 19.2 Å². The lowest BCUT2D eigenvalue weighted by Gasteiger charge is -1.90. The Morgan fingerprint density at radius 2 is 0.343 bits per heavy atom. The Kier molecular flexibility index (Phi) is 15.5. The standard InChI is InChI=1S/4C8H6N2.3C7H5NO/c4*1-2-4-8-7(3-1)9-5-6-10-8;3*1-2-4-7-6(3-1)8-5-9-7/h4*1-6H;3*1-5H. The number of oxazole rings is 3. The fraction of sp³-hybridized carbons (Fsp3) is 0. The second kappa shape index (κ2) is 23.7. The maximum absolute atomic E-state index is 5.01. The summed E-state index contributed by atoms with van der Waals surface area (Å²) in [7, 11) is 0. The van der Waals surface area contributed by atoms with Gasteiger partial charge in [-0.1, -0.05) is 84.9 Å². The van der Waals surface area contributed by atoms with Gasteiger partial charge in [-0.15, -0.1) is 0 Å². The van der Waals surface area contributed by atoms with Crippen molar-refractivity contribution in [3.63, 3.8) is 0 Å². The molecule has 0 aliphatic carbocycles. The molecule has 0 atom stereocenters. The van der Waals surface area contributed by atoms with Crippen LogP contribution >= 0.6 is 0 Å². The molecule has 14 nitrogen and oxygen atoms in total. The summed E-state index contributed by atoms with van der Waals surface area (Å²) in [6.45, 7) is 0. The van der Waals surface area contributed by atoms with Crippen LogP contribution in [0.4, 0.5) is 0 Å². The minimum absolute atomic E-state index is 0.845. The Morgan fingerprint density at radius 3 is 0.522 bits per heavy atom. The molecule has 0 saturated heterocycles. The van der Waals surface area contributed by atoms with Gasteiger partial charge in [0.05, 0.1) is 44.1 Å². The van der Waals surface area contributed by atoms with Crippen molar-refractivity contribution in [2.75, 3.05) is 0 Å². The van der Waals surface area contributed by atoms with Crippen LogP contribution in [0.1, 0.15) is 0 Å². The summed E-state index contributed by atoms with van der Waals surface area (Å²) >= 11 is 0. The Morgan fingerprint density at radius 1 is 0.179 bits per heavy atom. The van der Waals surface area contributed by atoms with Gasteiger partial charge in [0.1, 0.15) is 16.6 Å². The molecule has 0 radical (unpaired) electrons. The van der Waals surface area contributed by atoms with Crippen LogP contribution in [0.25, 0.3) is 77.4 Å². The molecule has 0 N–H and O–H groups in total. The van der Waals surface area contributed by atoms with E-state index < -0.39 is 0 Å². The van der Waals surface area contributed by atoms with E-state index in [2.05, 4.69) is 54.8 Å². The van der Waals surface area contributed by atoms with Gasteiger partial charge in [0.25, 0.3) is 0 Å². The summed E-state index contributed by atoms with van der Waals surface area (Å²) in [4.78, 5) is 44.8. The smallest absolute Gasteiger partial charge is 0.181 e. The van der Waals surface area contributed by atoms with Crippen molar-refractivity contribution >= 4 is 77.4 Å². The lowest BCUT2D eigenvalue weighted by molar-refractivity contribution is 0.602. The minimum Gasteiger partial charge on any atom is -0.443 e.